The Kier molecular flexibility index (Phi) is 3.67. The van der Waals surface area contributed by atoms with Gasteiger partial charge in [-0.05, 0) is 57.4 Å². The molecular weight excluding hydrogens is 312 g/mol. The predicted octanol–water partition coefficient (Wildman–Crippen LogP) is 2.84. The van der Waals surface area contributed by atoms with Crippen molar-refractivity contribution in [3.63, 3.8) is 0 Å². The Morgan fingerprint density at radius 2 is 2.00 bits per heavy atom. The van der Waals surface area contributed by atoms with E-state index in [0.717, 1.165) is 10.9 Å². The lowest BCUT2D eigenvalue weighted by Crippen LogP contribution is -2.46. The van der Waals surface area contributed by atoms with Gasteiger partial charge in [-0.15, -0.1) is 0 Å². The standard InChI is InChI=1S/C17H20N2O3S/c1-11-9-12-5-4-8-18-15(12)14(10-11)19-16(20)17(2,3)23(21,22)13-6-7-13/h4-5,8-10,13H,6-7H2,1-3H3,(H,19,20). The highest BCUT2D eigenvalue weighted by molar-refractivity contribution is 7.94. The molecule has 0 saturated heterocycles. The summed E-state index contributed by atoms with van der Waals surface area (Å²) < 4.78 is 23.5. The Hall–Kier alpha value is -1.95. The molecule has 2 aromatic rings. The zero-order chi connectivity index (χ0) is 16.8. The van der Waals surface area contributed by atoms with Crippen LogP contribution in [0.4, 0.5) is 5.69 Å². The number of amides is 1. The summed E-state index contributed by atoms with van der Waals surface area (Å²) in [6, 6.07) is 7.53. The lowest BCUT2D eigenvalue weighted by Gasteiger charge is -2.24. The van der Waals surface area contributed by atoms with Gasteiger partial charge in [-0.2, -0.15) is 0 Å². The van der Waals surface area contributed by atoms with Gasteiger partial charge >= 0.3 is 0 Å². The van der Waals surface area contributed by atoms with Crippen LogP contribution in [0.3, 0.4) is 0 Å². The molecule has 1 N–H and O–H groups in total. The number of nitrogens with one attached hydrogen (secondary N) is 1. The summed E-state index contributed by atoms with van der Waals surface area (Å²) in [5.41, 5.74) is 2.18. The van der Waals surface area contributed by atoms with Gasteiger partial charge in [0.05, 0.1) is 16.5 Å². The quantitative estimate of drug-likeness (QED) is 0.934. The number of pyridine rings is 1. The normalized spacial score (nSPS) is 15.6. The number of benzene rings is 1. The lowest BCUT2D eigenvalue weighted by molar-refractivity contribution is -0.117. The number of fused-ring (bicyclic) bond motifs is 1. The molecule has 6 heteroatoms. The third-order valence-electron chi connectivity index (χ3n) is 4.32. The number of aromatic nitrogens is 1. The van der Waals surface area contributed by atoms with Crippen LogP contribution in [0.1, 0.15) is 32.3 Å². The maximum atomic E-state index is 12.7. The molecule has 23 heavy (non-hydrogen) atoms. The van der Waals surface area contributed by atoms with E-state index in [9.17, 15) is 13.2 Å². The molecule has 1 aliphatic carbocycles. The summed E-state index contributed by atoms with van der Waals surface area (Å²) in [4.78, 5) is 17.0. The zero-order valence-electron chi connectivity index (χ0n) is 13.5. The highest BCUT2D eigenvalue weighted by atomic mass is 32.2. The monoisotopic (exact) mass is 332 g/mol. The van der Waals surface area contributed by atoms with E-state index < -0.39 is 20.5 Å². The fourth-order valence-electron chi connectivity index (χ4n) is 2.63. The molecule has 1 aliphatic rings. The maximum Gasteiger partial charge on any atom is 0.245 e. The molecule has 3 rings (SSSR count). The first-order valence-electron chi connectivity index (χ1n) is 7.64. The Morgan fingerprint density at radius 1 is 1.30 bits per heavy atom. The van der Waals surface area contributed by atoms with Crippen LogP contribution >= 0.6 is 0 Å². The van der Waals surface area contributed by atoms with Crippen molar-refractivity contribution in [1.29, 1.82) is 0 Å². The molecule has 1 aromatic carbocycles. The topological polar surface area (TPSA) is 76.1 Å². The van der Waals surface area contributed by atoms with Crippen molar-refractivity contribution in [1.82, 2.24) is 4.98 Å². The van der Waals surface area contributed by atoms with Gasteiger partial charge in [-0.1, -0.05) is 6.07 Å². The first-order chi connectivity index (χ1) is 10.7. The Balaban J connectivity index is 1.97. The summed E-state index contributed by atoms with van der Waals surface area (Å²) in [5, 5.41) is 3.30. The molecule has 0 unspecified atom stereocenters. The molecule has 1 amide bonds. The number of carbonyl (C=O) groups excluding carboxylic acids is 1. The minimum Gasteiger partial charge on any atom is -0.323 e. The summed E-state index contributed by atoms with van der Waals surface area (Å²) in [6.45, 7) is 4.87. The van der Waals surface area contributed by atoms with Crippen LogP contribution in [0.2, 0.25) is 0 Å². The number of sulfone groups is 1. The van der Waals surface area contributed by atoms with Gasteiger partial charge in [0.25, 0.3) is 0 Å². The summed E-state index contributed by atoms with van der Waals surface area (Å²) in [6.07, 6.45) is 2.95. The number of rotatable bonds is 4. The molecule has 0 radical (unpaired) electrons. The summed E-state index contributed by atoms with van der Waals surface area (Å²) in [5.74, 6) is -0.512. The van der Waals surface area contributed by atoms with E-state index in [1.165, 1.54) is 13.8 Å². The van der Waals surface area contributed by atoms with Gasteiger partial charge in [0.15, 0.2) is 9.84 Å². The minimum atomic E-state index is -3.48. The van der Waals surface area contributed by atoms with Gasteiger partial charge in [0.2, 0.25) is 5.91 Å². The Bertz CT molecular complexity index is 884. The summed E-state index contributed by atoms with van der Waals surface area (Å²) in [7, 11) is -3.48. The van der Waals surface area contributed by atoms with Crippen molar-refractivity contribution in [2.24, 2.45) is 0 Å². The van der Waals surface area contributed by atoms with Gasteiger partial charge < -0.3 is 5.32 Å². The van der Waals surface area contributed by atoms with Gasteiger partial charge in [-0.3, -0.25) is 9.78 Å². The average Bonchev–Trinajstić information content (AvgIpc) is 3.31. The molecular formula is C17H20N2O3S. The van der Waals surface area contributed by atoms with Crippen LogP contribution in [0.15, 0.2) is 30.5 Å². The molecule has 1 heterocycles. The number of hydrogen-bond donors (Lipinski definition) is 1. The third-order valence-corrected chi connectivity index (χ3v) is 7.28. The zero-order valence-corrected chi connectivity index (χ0v) is 14.3. The first-order valence-corrected chi connectivity index (χ1v) is 9.18. The van der Waals surface area contributed by atoms with Crippen LogP contribution in [-0.4, -0.2) is 29.3 Å². The third kappa shape index (κ3) is 2.72. The maximum absolute atomic E-state index is 12.7. The van der Waals surface area contributed by atoms with Crippen LogP contribution in [0, 0.1) is 6.92 Å². The van der Waals surface area contributed by atoms with E-state index in [0.29, 0.717) is 24.0 Å². The lowest BCUT2D eigenvalue weighted by atomic mass is 10.1. The minimum absolute atomic E-state index is 0.379. The van der Waals surface area contributed by atoms with Crippen molar-refractivity contribution >= 4 is 32.3 Å². The van der Waals surface area contributed by atoms with Gasteiger partial charge in [0.1, 0.15) is 4.75 Å². The highest BCUT2D eigenvalue weighted by Crippen LogP contribution is 2.37. The van der Waals surface area contributed by atoms with Crippen LogP contribution in [-0.2, 0) is 14.6 Å². The van der Waals surface area contributed by atoms with Crippen molar-refractivity contribution in [2.75, 3.05) is 5.32 Å². The number of anilines is 1. The van der Waals surface area contributed by atoms with E-state index in [2.05, 4.69) is 10.3 Å². The van der Waals surface area contributed by atoms with E-state index in [-0.39, 0.29) is 5.25 Å². The molecule has 5 nitrogen and oxygen atoms in total. The van der Waals surface area contributed by atoms with Gasteiger partial charge in [0, 0.05) is 11.6 Å². The first kappa shape index (κ1) is 15.9. The van der Waals surface area contributed by atoms with Crippen molar-refractivity contribution in [3.05, 3.63) is 36.0 Å². The Labute approximate surface area is 136 Å². The molecule has 1 aromatic heterocycles. The smallest absolute Gasteiger partial charge is 0.245 e. The van der Waals surface area contributed by atoms with Crippen LogP contribution < -0.4 is 5.32 Å². The fraction of sp³-hybridized carbons (Fsp3) is 0.412. The molecule has 0 atom stereocenters. The second kappa shape index (κ2) is 5.30. The second-order valence-corrected chi connectivity index (χ2v) is 9.37. The summed E-state index contributed by atoms with van der Waals surface area (Å²) >= 11 is 0. The second-order valence-electron chi connectivity index (χ2n) is 6.60. The number of carbonyl (C=O) groups is 1. The molecule has 1 saturated carbocycles. The van der Waals surface area contributed by atoms with E-state index in [1.807, 2.05) is 31.2 Å². The Morgan fingerprint density at radius 3 is 2.65 bits per heavy atom. The fourth-order valence-corrected chi connectivity index (χ4v) is 4.53. The largest absolute Gasteiger partial charge is 0.323 e. The average molecular weight is 332 g/mol. The van der Waals surface area contributed by atoms with Crippen molar-refractivity contribution < 1.29 is 13.2 Å². The van der Waals surface area contributed by atoms with E-state index >= 15 is 0 Å². The molecule has 0 spiro atoms. The predicted molar refractivity (Wildman–Crippen MR) is 91.1 cm³/mol. The number of nitrogens with zero attached hydrogens (tertiary/aromatic N) is 1. The van der Waals surface area contributed by atoms with Crippen molar-refractivity contribution in [3.8, 4) is 0 Å². The van der Waals surface area contributed by atoms with E-state index in [1.54, 1.807) is 6.20 Å². The molecule has 122 valence electrons. The highest BCUT2D eigenvalue weighted by Gasteiger charge is 2.50. The molecule has 0 aliphatic heterocycles. The van der Waals surface area contributed by atoms with Crippen LogP contribution in [0.5, 0.6) is 0 Å². The molecule has 0 bridgehead atoms. The molecule has 1 fully saturated rings. The number of hydrogen-bond acceptors (Lipinski definition) is 4. The van der Waals surface area contributed by atoms with Gasteiger partial charge in [-0.25, -0.2) is 8.42 Å². The van der Waals surface area contributed by atoms with Crippen molar-refractivity contribution in [2.45, 2.75) is 43.6 Å². The van der Waals surface area contributed by atoms with Crippen LogP contribution in [0.25, 0.3) is 10.9 Å². The van der Waals surface area contributed by atoms with E-state index in [4.69, 9.17) is 0 Å². The SMILES string of the molecule is Cc1cc(NC(=O)C(C)(C)S(=O)(=O)C2CC2)c2ncccc2c1. The number of aryl methyl sites for hydroxylation is 1.